The van der Waals surface area contributed by atoms with Crippen molar-refractivity contribution in [2.75, 3.05) is 10.6 Å². The quantitative estimate of drug-likeness (QED) is 0.377. The summed E-state index contributed by atoms with van der Waals surface area (Å²) < 4.78 is 0. The van der Waals surface area contributed by atoms with Gasteiger partial charge in [0.25, 0.3) is 11.8 Å². The molecule has 148 valence electrons. The third-order valence-electron chi connectivity index (χ3n) is 4.59. The smallest absolute Gasteiger partial charge is 0.257 e. The largest absolute Gasteiger partial charge is 0.322 e. The molecule has 0 spiro atoms. The van der Waals surface area contributed by atoms with E-state index in [1.165, 1.54) is 6.07 Å². The van der Waals surface area contributed by atoms with Crippen LogP contribution in [0.5, 0.6) is 0 Å². The van der Waals surface area contributed by atoms with Crippen molar-refractivity contribution >= 4 is 57.2 Å². The first-order valence-electron chi connectivity index (χ1n) is 9.16. The highest BCUT2D eigenvalue weighted by Gasteiger charge is 2.12. The minimum absolute atomic E-state index is 0.203. The third-order valence-corrected chi connectivity index (χ3v) is 5.14. The highest BCUT2D eigenvalue weighted by molar-refractivity contribution is 6.37. The highest BCUT2D eigenvalue weighted by Crippen LogP contribution is 2.23. The number of hydrogen-bond donors (Lipinski definition) is 2. The summed E-state index contributed by atoms with van der Waals surface area (Å²) in [4.78, 5) is 25.0. The average molecular weight is 435 g/mol. The molecule has 6 heteroatoms. The fraction of sp³-hybridized carbons (Fsp3) is 0. The van der Waals surface area contributed by atoms with E-state index in [1.807, 2.05) is 36.4 Å². The normalized spacial score (nSPS) is 10.6. The second-order valence-corrected chi connectivity index (χ2v) is 7.52. The van der Waals surface area contributed by atoms with Gasteiger partial charge in [0.1, 0.15) is 0 Å². The Morgan fingerprint density at radius 1 is 0.633 bits per heavy atom. The SMILES string of the molecule is O=C(Nc1ccc(NC(=O)c2ccc(Cl)cc2Cl)cc1)c1ccc2ccccc2c1. The van der Waals surface area contributed by atoms with Gasteiger partial charge < -0.3 is 10.6 Å². The number of hydrogen-bond acceptors (Lipinski definition) is 2. The van der Waals surface area contributed by atoms with Crippen molar-refractivity contribution in [1.82, 2.24) is 0 Å². The number of fused-ring (bicyclic) bond motifs is 1. The molecule has 4 rings (SSSR count). The van der Waals surface area contributed by atoms with Crippen molar-refractivity contribution < 1.29 is 9.59 Å². The number of carbonyl (C=O) groups is 2. The monoisotopic (exact) mass is 434 g/mol. The van der Waals surface area contributed by atoms with E-state index in [4.69, 9.17) is 23.2 Å². The minimum Gasteiger partial charge on any atom is -0.322 e. The molecule has 4 aromatic rings. The van der Waals surface area contributed by atoms with Crippen LogP contribution in [0.25, 0.3) is 10.8 Å². The van der Waals surface area contributed by atoms with Crippen LogP contribution < -0.4 is 10.6 Å². The zero-order valence-electron chi connectivity index (χ0n) is 15.7. The molecule has 30 heavy (non-hydrogen) atoms. The predicted octanol–water partition coefficient (Wildman–Crippen LogP) is 6.65. The molecule has 0 atom stereocenters. The van der Waals surface area contributed by atoms with Crippen LogP contribution in [0.4, 0.5) is 11.4 Å². The first-order valence-corrected chi connectivity index (χ1v) is 9.92. The molecule has 0 aromatic heterocycles. The van der Waals surface area contributed by atoms with Gasteiger partial charge in [-0.3, -0.25) is 9.59 Å². The van der Waals surface area contributed by atoms with E-state index in [0.29, 0.717) is 27.5 Å². The molecule has 2 amide bonds. The molecule has 0 aliphatic rings. The van der Waals surface area contributed by atoms with Crippen molar-refractivity contribution in [3.63, 3.8) is 0 Å². The summed E-state index contributed by atoms with van der Waals surface area (Å²) in [6.45, 7) is 0. The summed E-state index contributed by atoms with van der Waals surface area (Å²) in [7, 11) is 0. The Labute approximate surface area is 183 Å². The van der Waals surface area contributed by atoms with Crippen LogP contribution in [0.1, 0.15) is 20.7 Å². The summed E-state index contributed by atoms with van der Waals surface area (Å²) in [5.74, 6) is -0.546. The van der Waals surface area contributed by atoms with E-state index >= 15 is 0 Å². The molecule has 0 bridgehead atoms. The lowest BCUT2D eigenvalue weighted by atomic mass is 10.1. The Kier molecular flexibility index (Phi) is 5.70. The fourth-order valence-corrected chi connectivity index (χ4v) is 3.54. The van der Waals surface area contributed by atoms with E-state index in [1.54, 1.807) is 42.5 Å². The van der Waals surface area contributed by atoms with E-state index in [-0.39, 0.29) is 16.8 Å². The zero-order valence-corrected chi connectivity index (χ0v) is 17.2. The van der Waals surface area contributed by atoms with Gasteiger partial charge in [0, 0.05) is 22.0 Å². The van der Waals surface area contributed by atoms with Crippen LogP contribution in [0.2, 0.25) is 10.0 Å². The van der Waals surface area contributed by atoms with E-state index < -0.39 is 0 Å². The molecule has 4 aromatic carbocycles. The second-order valence-electron chi connectivity index (χ2n) is 6.67. The van der Waals surface area contributed by atoms with Gasteiger partial charge >= 0.3 is 0 Å². The molecule has 0 saturated carbocycles. The Morgan fingerprint density at radius 2 is 1.27 bits per heavy atom. The molecular weight excluding hydrogens is 419 g/mol. The molecule has 0 aliphatic carbocycles. The van der Waals surface area contributed by atoms with E-state index in [2.05, 4.69) is 10.6 Å². The number of carbonyl (C=O) groups excluding carboxylic acids is 2. The van der Waals surface area contributed by atoms with Gasteiger partial charge in [-0.05, 0) is 65.4 Å². The first-order chi connectivity index (χ1) is 14.5. The lowest BCUT2D eigenvalue weighted by molar-refractivity contribution is 0.101. The van der Waals surface area contributed by atoms with Crippen molar-refractivity contribution in [2.24, 2.45) is 0 Å². The number of halogens is 2. The maximum absolute atomic E-state index is 12.6. The van der Waals surface area contributed by atoms with Gasteiger partial charge in [0.15, 0.2) is 0 Å². The molecule has 2 N–H and O–H groups in total. The molecule has 0 heterocycles. The van der Waals surface area contributed by atoms with Crippen molar-refractivity contribution in [2.45, 2.75) is 0 Å². The van der Waals surface area contributed by atoms with Gasteiger partial charge in [-0.15, -0.1) is 0 Å². The third kappa shape index (κ3) is 4.46. The summed E-state index contributed by atoms with van der Waals surface area (Å²) in [6, 6.07) is 25.0. The topological polar surface area (TPSA) is 58.2 Å². The van der Waals surface area contributed by atoms with Crippen LogP contribution in [0.15, 0.2) is 84.9 Å². The van der Waals surface area contributed by atoms with Crippen molar-refractivity contribution in [1.29, 1.82) is 0 Å². The maximum Gasteiger partial charge on any atom is 0.257 e. The van der Waals surface area contributed by atoms with Gasteiger partial charge in [-0.2, -0.15) is 0 Å². The fourth-order valence-electron chi connectivity index (χ4n) is 3.04. The average Bonchev–Trinajstić information content (AvgIpc) is 2.74. The molecule has 0 saturated heterocycles. The lowest BCUT2D eigenvalue weighted by Gasteiger charge is -2.09. The van der Waals surface area contributed by atoms with E-state index in [9.17, 15) is 9.59 Å². The Bertz CT molecular complexity index is 1250. The molecule has 0 unspecified atom stereocenters. The second kappa shape index (κ2) is 8.57. The number of rotatable bonds is 4. The Balaban J connectivity index is 1.43. The van der Waals surface area contributed by atoms with Gasteiger partial charge in [0.05, 0.1) is 10.6 Å². The number of anilines is 2. The molecule has 0 aliphatic heterocycles. The van der Waals surface area contributed by atoms with Crippen LogP contribution in [0, 0.1) is 0 Å². The lowest BCUT2D eigenvalue weighted by Crippen LogP contribution is -2.13. The van der Waals surface area contributed by atoms with Crippen LogP contribution in [-0.4, -0.2) is 11.8 Å². The van der Waals surface area contributed by atoms with Gasteiger partial charge in [-0.25, -0.2) is 0 Å². The first kappa shape index (κ1) is 20.0. The summed E-state index contributed by atoms with van der Waals surface area (Å²) >= 11 is 11.9. The maximum atomic E-state index is 12.6. The minimum atomic E-state index is -0.343. The molecule has 4 nitrogen and oxygen atoms in total. The predicted molar refractivity (Wildman–Crippen MR) is 123 cm³/mol. The standard InChI is InChI=1S/C24H16Cl2N2O2/c25-18-7-12-21(22(26)14-18)24(30)28-20-10-8-19(9-11-20)27-23(29)17-6-5-15-3-1-2-4-16(15)13-17/h1-14H,(H,27,29)(H,28,30). The van der Waals surface area contributed by atoms with Crippen LogP contribution in [-0.2, 0) is 0 Å². The van der Waals surface area contributed by atoms with Gasteiger partial charge in [-0.1, -0.05) is 53.5 Å². The Hall–Kier alpha value is -3.34. The van der Waals surface area contributed by atoms with Crippen LogP contribution in [0.3, 0.4) is 0 Å². The molecule has 0 fully saturated rings. The van der Waals surface area contributed by atoms with Crippen molar-refractivity contribution in [3.05, 3.63) is 106 Å². The number of amides is 2. The van der Waals surface area contributed by atoms with Crippen molar-refractivity contribution in [3.8, 4) is 0 Å². The molecule has 0 radical (unpaired) electrons. The zero-order chi connectivity index (χ0) is 21.1. The van der Waals surface area contributed by atoms with Gasteiger partial charge in [0.2, 0.25) is 0 Å². The van der Waals surface area contributed by atoms with Crippen LogP contribution >= 0.6 is 23.2 Å². The summed E-state index contributed by atoms with van der Waals surface area (Å²) in [5, 5.41) is 8.46. The van der Waals surface area contributed by atoms with E-state index in [0.717, 1.165) is 10.8 Å². The summed E-state index contributed by atoms with van der Waals surface area (Å²) in [5.41, 5.74) is 2.10. The number of benzene rings is 4. The Morgan fingerprint density at radius 3 is 1.93 bits per heavy atom. The molecular formula is C24H16Cl2N2O2. The summed E-state index contributed by atoms with van der Waals surface area (Å²) in [6.07, 6.45) is 0. The number of nitrogens with one attached hydrogen (secondary N) is 2. The highest BCUT2D eigenvalue weighted by atomic mass is 35.5.